The minimum atomic E-state index is -3.63. The predicted octanol–water partition coefficient (Wildman–Crippen LogP) is 3.45. The van der Waals surface area contributed by atoms with E-state index in [1.54, 1.807) is 24.3 Å². The first kappa shape index (κ1) is 28.4. The van der Waals surface area contributed by atoms with E-state index < -0.39 is 20.0 Å². The number of aromatic amines is 2. The Labute approximate surface area is 241 Å². The molecule has 2 aliphatic rings. The number of likely N-dealkylation sites (tertiary alicyclic amines) is 2. The molecule has 10 nitrogen and oxygen atoms in total. The number of hydrogen-bond acceptors (Lipinski definition) is 6. The SMILES string of the molecule is O=S(=O)(NCCN1CCCCC1)c1ccc2cc(-c3c[nH]c4cc(S(=O)(=O)NCCN5CCCC5)ccc34)[nH]c2c1. The monoisotopic (exact) mass is 598 g/mol. The highest BCUT2D eigenvalue weighted by atomic mass is 32.2. The summed E-state index contributed by atoms with van der Waals surface area (Å²) in [4.78, 5) is 11.6. The van der Waals surface area contributed by atoms with Crippen molar-refractivity contribution in [2.75, 3.05) is 52.4 Å². The van der Waals surface area contributed by atoms with Crippen molar-refractivity contribution in [1.29, 1.82) is 0 Å². The van der Waals surface area contributed by atoms with Crippen LogP contribution in [0.5, 0.6) is 0 Å². The Hall–Kier alpha value is -2.74. The first-order valence-electron chi connectivity index (χ1n) is 14.5. The van der Waals surface area contributed by atoms with Crippen LogP contribution in [0.3, 0.4) is 0 Å². The van der Waals surface area contributed by atoms with E-state index in [4.69, 9.17) is 0 Å². The zero-order valence-corrected chi connectivity index (χ0v) is 24.8. The van der Waals surface area contributed by atoms with Crippen LogP contribution < -0.4 is 9.44 Å². The van der Waals surface area contributed by atoms with Gasteiger partial charge in [-0.1, -0.05) is 18.6 Å². The van der Waals surface area contributed by atoms with Gasteiger partial charge < -0.3 is 19.8 Å². The van der Waals surface area contributed by atoms with Gasteiger partial charge in [0.15, 0.2) is 0 Å². The molecule has 220 valence electrons. The highest BCUT2D eigenvalue weighted by Gasteiger charge is 2.20. The summed E-state index contributed by atoms with van der Waals surface area (Å²) < 4.78 is 57.2. The van der Waals surface area contributed by atoms with Gasteiger partial charge in [-0.05, 0) is 82.2 Å². The molecule has 0 unspecified atom stereocenters. The lowest BCUT2D eigenvalue weighted by Gasteiger charge is -2.26. The van der Waals surface area contributed by atoms with Gasteiger partial charge in [0.1, 0.15) is 0 Å². The lowest BCUT2D eigenvalue weighted by atomic mass is 10.1. The lowest BCUT2D eigenvalue weighted by molar-refractivity contribution is 0.233. The van der Waals surface area contributed by atoms with E-state index in [-0.39, 0.29) is 9.79 Å². The molecule has 4 heterocycles. The van der Waals surface area contributed by atoms with Crippen molar-refractivity contribution in [2.45, 2.75) is 41.9 Å². The number of benzene rings is 2. The van der Waals surface area contributed by atoms with Crippen LogP contribution in [0.1, 0.15) is 32.1 Å². The molecule has 12 heteroatoms. The third kappa shape index (κ3) is 6.37. The van der Waals surface area contributed by atoms with Gasteiger partial charge >= 0.3 is 0 Å². The summed E-state index contributed by atoms with van der Waals surface area (Å²) >= 11 is 0. The van der Waals surface area contributed by atoms with Crippen LogP contribution in [0, 0.1) is 0 Å². The smallest absolute Gasteiger partial charge is 0.240 e. The third-order valence-corrected chi connectivity index (χ3v) is 11.2. The molecule has 2 aliphatic heterocycles. The molecule has 6 rings (SSSR count). The molecule has 4 N–H and O–H groups in total. The Morgan fingerprint density at radius 3 is 1.88 bits per heavy atom. The molecule has 0 aliphatic carbocycles. The highest BCUT2D eigenvalue weighted by molar-refractivity contribution is 7.89. The van der Waals surface area contributed by atoms with Gasteiger partial charge in [-0.25, -0.2) is 26.3 Å². The molecule has 0 saturated carbocycles. The molecule has 2 aromatic carbocycles. The van der Waals surface area contributed by atoms with E-state index in [9.17, 15) is 16.8 Å². The van der Waals surface area contributed by atoms with E-state index in [1.807, 2.05) is 24.4 Å². The number of nitrogens with zero attached hydrogens (tertiary/aromatic N) is 2. The molecule has 4 aromatic rings. The number of rotatable bonds is 11. The number of hydrogen-bond donors (Lipinski definition) is 4. The van der Waals surface area contributed by atoms with Crippen molar-refractivity contribution < 1.29 is 16.8 Å². The molecular formula is C29H38N6O4S2. The van der Waals surface area contributed by atoms with Gasteiger partial charge in [-0.2, -0.15) is 0 Å². The van der Waals surface area contributed by atoms with Crippen molar-refractivity contribution in [3.05, 3.63) is 48.7 Å². The molecule has 0 bridgehead atoms. The summed E-state index contributed by atoms with van der Waals surface area (Å²) in [6.07, 6.45) is 7.78. The van der Waals surface area contributed by atoms with Crippen LogP contribution in [-0.2, 0) is 20.0 Å². The Kier molecular flexibility index (Phi) is 8.21. The van der Waals surface area contributed by atoms with Crippen LogP contribution >= 0.6 is 0 Å². The number of sulfonamides is 2. The van der Waals surface area contributed by atoms with Crippen LogP contribution in [0.15, 0.2) is 58.5 Å². The summed E-state index contributed by atoms with van der Waals surface area (Å²) in [7, 11) is -7.25. The van der Waals surface area contributed by atoms with Gasteiger partial charge in [0.2, 0.25) is 20.0 Å². The van der Waals surface area contributed by atoms with Crippen molar-refractivity contribution >= 4 is 41.9 Å². The number of fused-ring (bicyclic) bond motifs is 2. The molecule has 2 saturated heterocycles. The third-order valence-electron chi connectivity index (χ3n) is 8.25. The maximum atomic E-state index is 13.0. The fourth-order valence-corrected chi connectivity index (χ4v) is 8.04. The van der Waals surface area contributed by atoms with E-state index >= 15 is 0 Å². The number of nitrogens with one attached hydrogen (secondary N) is 4. The Bertz CT molecular complexity index is 1730. The molecular weight excluding hydrogens is 560 g/mol. The Balaban J connectivity index is 1.16. The summed E-state index contributed by atoms with van der Waals surface area (Å²) in [5.41, 5.74) is 3.13. The highest BCUT2D eigenvalue weighted by Crippen LogP contribution is 2.32. The fraction of sp³-hybridized carbons (Fsp3) is 0.448. The van der Waals surface area contributed by atoms with E-state index in [0.717, 1.165) is 53.7 Å². The fourth-order valence-electron chi connectivity index (χ4n) is 5.95. The summed E-state index contributed by atoms with van der Waals surface area (Å²) in [6, 6.07) is 12.2. The Morgan fingerprint density at radius 1 is 0.683 bits per heavy atom. The first-order chi connectivity index (χ1) is 19.8. The van der Waals surface area contributed by atoms with Crippen molar-refractivity contribution in [3.8, 4) is 11.3 Å². The van der Waals surface area contributed by atoms with Crippen molar-refractivity contribution in [2.24, 2.45) is 0 Å². The predicted molar refractivity (Wildman–Crippen MR) is 162 cm³/mol. The van der Waals surface area contributed by atoms with Gasteiger partial charge in [0, 0.05) is 65.4 Å². The van der Waals surface area contributed by atoms with Crippen molar-refractivity contribution in [3.63, 3.8) is 0 Å². The summed E-state index contributed by atoms with van der Waals surface area (Å²) in [6.45, 7) is 6.31. The van der Waals surface area contributed by atoms with Crippen LogP contribution in [-0.4, -0.2) is 89.0 Å². The molecule has 0 atom stereocenters. The second-order valence-electron chi connectivity index (χ2n) is 11.1. The number of aromatic nitrogens is 2. The first-order valence-corrected chi connectivity index (χ1v) is 17.4. The van der Waals surface area contributed by atoms with Crippen LogP contribution in [0.2, 0.25) is 0 Å². The van der Waals surface area contributed by atoms with Crippen LogP contribution in [0.25, 0.3) is 33.1 Å². The van der Waals surface area contributed by atoms with Crippen molar-refractivity contribution in [1.82, 2.24) is 29.2 Å². The zero-order valence-electron chi connectivity index (χ0n) is 23.2. The maximum Gasteiger partial charge on any atom is 0.240 e. The molecule has 0 spiro atoms. The van der Waals surface area contributed by atoms with Gasteiger partial charge in [-0.3, -0.25) is 0 Å². The molecule has 2 fully saturated rings. The standard InChI is InChI=1S/C29H38N6O4S2/c36-40(37,31-10-16-34-12-2-1-3-13-34)23-7-6-22-18-29(33-27(22)19-23)26-21-30-28-20-24(8-9-25(26)28)41(38,39)32-11-17-35-14-4-5-15-35/h6-9,18-21,30-33H,1-5,10-17H2. The minimum absolute atomic E-state index is 0.221. The average Bonchev–Trinajstić information content (AvgIpc) is 3.72. The topological polar surface area (TPSA) is 130 Å². The quantitative estimate of drug-likeness (QED) is 0.209. The van der Waals surface area contributed by atoms with Gasteiger partial charge in [0.25, 0.3) is 0 Å². The second kappa shape index (κ2) is 11.9. The Morgan fingerprint density at radius 2 is 1.24 bits per heavy atom. The van der Waals surface area contributed by atoms with E-state index in [0.29, 0.717) is 31.7 Å². The number of H-pyrrole nitrogens is 2. The van der Waals surface area contributed by atoms with Gasteiger partial charge in [-0.15, -0.1) is 0 Å². The molecule has 2 aromatic heterocycles. The average molecular weight is 599 g/mol. The van der Waals surface area contributed by atoms with E-state index in [1.165, 1.54) is 32.1 Å². The van der Waals surface area contributed by atoms with Gasteiger partial charge in [0.05, 0.1) is 9.79 Å². The molecule has 0 amide bonds. The molecule has 41 heavy (non-hydrogen) atoms. The number of piperidine rings is 1. The summed E-state index contributed by atoms with van der Waals surface area (Å²) in [5.74, 6) is 0. The second-order valence-corrected chi connectivity index (χ2v) is 14.6. The lowest BCUT2D eigenvalue weighted by Crippen LogP contribution is -2.37. The molecule has 0 radical (unpaired) electrons. The zero-order chi connectivity index (χ0) is 28.5. The minimum Gasteiger partial charge on any atom is -0.360 e. The maximum absolute atomic E-state index is 13.0. The van der Waals surface area contributed by atoms with Crippen LogP contribution in [0.4, 0.5) is 0 Å². The normalized spacial score (nSPS) is 17.7. The van der Waals surface area contributed by atoms with E-state index in [2.05, 4.69) is 29.2 Å². The summed E-state index contributed by atoms with van der Waals surface area (Å²) in [5, 5.41) is 1.77. The largest absolute Gasteiger partial charge is 0.360 e.